The number of Topliss-reactive ketones (excluding diaryl/α,β-unsaturated/α-hetero) is 1. The number of ketones is 1. The third-order valence-corrected chi connectivity index (χ3v) is 4.58. The minimum atomic E-state index is -0.373. The summed E-state index contributed by atoms with van der Waals surface area (Å²) in [6, 6.07) is 12.2. The SMILES string of the molecule is CCCCc1cc(=O)oc2cc(C)cc(OCC(=O)c3cccc(OC)c3)c12. The summed E-state index contributed by atoms with van der Waals surface area (Å²) in [4.78, 5) is 24.5. The maximum Gasteiger partial charge on any atom is 0.336 e. The molecule has 1 aromatic heterocycles. The second kappa shape index (κ2) is 8.74. The average molecular weight is 380 g/mol. The van der Waals surface area contributed by atoms with E-state index in [1.165, 1.54) is 6.07 Å². The van der Waals surface area contributed by atoms with Crippen LogP contribution in [0.1, 0.15) is 41.3 Å². The van der Waals surface area contributed by atoms with Gasteiger partial charge in [-0.3, -0.25) is 4.79 Å². The van der Waals surface area contributed by atoms with Gasteiger partial charge in [0.25, 0.3) is 0 Å². The number of fused-ring (bicyclic) bond motifs is 1. The highest BCUT2D eigenvalue weighted by Crippen LogP contribution is 2.31. The number of carbonyl (C=O) groups excluding carboxylic acids is 1. The third kappa shape index (κ3) is 4.42. The van der Waals surface area contributed by atoms with Gasteiger partial charge in [-0.25, -0.2) is 4.79 Å². The summed E-state index contributed by atoms with van der Waals surface area (Å²) in [5.74, 6) is 1.03. The van der Waals surface area contributed by atoms with Crippen LogP contribution < -0.4 is 15.1 Å². The second-order valence-corrected chi connectivity index (χ2v) is 6.77. The van der Waals surface area contributed by atoms with Gasteiger partial charge in [-0.15, -0.1) is 0 Å². The minimum absolute atomic E-state index is 0.113. The van der Waals surface area contributed by atoms with E-state index >= 15 is 0 Å². The number of unbranched alkanes of at least 4 members (excludes halogenated alkanes) is 1. The van der Waals surface area contributed by atoms with Gasteiger partial charge < -0.3 is 13.9 Å². The number of hydrogen-bond donors (Lipinski definition) is 0. The number of carbonyl (C=O) groups is 1. The predicted octanol–water partition coefficient (Wildman–Crippen LogP) is 4.71. The number of benzene rings is 2. The summed E-state index contributed by atoms with van der Waals surface area (Å²) >= 11 is 0. The molecular formula is C23H24O5. The van der Waals surface area contributed by atoms with Gasteiger partial charge in [0.1, 0.15) is 17.1 Å². The molecule has 3 aromatic rings. The van der Waals surface area contributed by atoms with Crippen molar-refractivity contribution >= 4 is 16.8 Å². The first-order valence-electron chi connectivity index (χ1n) is 9.39. The molecule has 0 spiro atoms. The van der Waals surface area contributed by atoms with Crippen LogP contribution in [0.5, 0.6) is 11.5 Å². The molecule has 1 heterocycles. The zero-order chi connectivity index (χ0) is 20.1. The van der Waals surface area contributed by atoms with Crippen LogP contribution in [0, 0.1) is 6.92 Å². The van der Waals surface area contributed by atoms with Crippen molar-refractivity contribution in [2.45, 2.75) is 33.1 Å². The van der Waals surface area contributed by atoms with E-state index in [1.807, 2.05) is 19.1 Å². The number of ether oxygens (including phenoxy) is 2. The van der Waals surface area contributed by atoms with Crippen LogP contribution >= 0.6 is 0 Å². The molecule has 0 atom stereocenters. The highest BCUT2D eigenvalue weighted by Gasteiger charge is 2.15. The Kier molecular flexibility index (Phi) is 6.14. The summed E-state index contributed by atoms with van der Waals surface area (Å²) in [7, 11) is 1.56. The fraction of sp³-hybridized carbons (Fsp3) is 0.304. The van der Waals surface area contributed by atoms with Gasteiger partial charge in [0.2, 0.25) is 0 Å². The number of hydrogen-bond acceptors (Lipinski definition) is 5. The highest BCUT2D eigenvalue weighted by atomic mass is 16.5. The van der Waals surface area contributed by atoms with Crippen LogP contribution in [0.4, 0.5) is 0 Å². The number of rotatable bonds is 8. The lowest BCUT2D eigenvalue weighted by Crippen LogP contribution is -2.12. The van der Waals surface area contributed by atoms with Gasteiger partial charge in [0.05, 0.1) is 12.5 Å². The van der Waals surface area contributed by atoms with Gasteiger partial charge in [-0.1, -0.05) is 25.5 Å². The van der Waals surface area contributed by atoms with Crippen molar-refractivity contribution in [1.29, 1.82) is 0 Å². The van der Waals surface area contributed by atoms with Gasteiger partial charge in [0.15, 0.2) is 12.4 Å². The van der Waals surface area contributed by atoms with E-state index in [1.54, 1.807) is 31.4 Å². The summed E-state index contributed by atoms with van der Waals surface area (Å²) in [5, 5.41) is 0.761. The van der Waals surface area contributed by atoms with Crippen LogP contribution in [0.3, 0.4) is 0 Å². The molecule has 0 saturated heterocycles. The molecule has 28 heavy (non-hydrogen) atoms. The van der Waals surface area contributed by atoms with Crippen LogP contribution in [-0.2, 0) is 6.42 Å². The normalized spacial score (nSPS) is 10.8. The van der Waals surface area contributed by atoms with E-state index in [2.05, 4.69) is 6.92 Å². The van der Waals surface area contributed by atoms with Crippen LogP contribution in [-0.4, -0.2) is 19.5 Å². The standard InChI is InChI=1S/C23H24O5/c1-4-5-7-17-13-22(25)28-21-11-15(2)10-20(23(17)21)27-14-19(24)16-8-6-9-18(12-16)26-3/h6,8-13H,4-5,7,14H2,1-3H3. The van der Waals surface area contributed by atoms with Gasteiger partial charge >= 0.3 is 5.63 Å². The van der Waals surface area contributed by atoms with Crippen LogP contribution in [0.25, 0.3) is 11.0 Å². The lowest BCUT2D eigenvalue weighted by molar-refractivity contribution is 0.0922. The fourth-order valence-electron chi connectivity index (χ4n) is 3.17. The van der Waals surface area contributed by atoms with E-state index < -0.39 is 0 Å². The quantitative estimate of drug-likeness (QED) is 0.418. The van der Waals surface area contributed by atoms with E-state index in [9.17, 15) is 9.59 Å². The summed E-state index contributed by atoms with van der Waals surface area (Å²) < 4.78 is 16.5. The summed E-state index contributed by atoms with van der Waals surface area (Å²) in [5.41, 5.74) is 2.42. The van der Waals surface area contributed by atoms with E-state index in [-0.39, 0.29) is 18.0 Å². The van der Waals surface area contributed by atoms with Crippen molar-refractivity contribution in [2.75, 3.05) is 13.7 Å². The highest BCUT2D eigenvalue weighted by molar-refractivity contribution is 5.98. The Balaban J connectivity index is 1.93. The van der Waals surface area contributed by atoms with Crippen molar-refractivity contribution in [3.05, 3.63) is 69.6 Å². The molecule has 146 valence electrons. The lowest BCUT2D eigenvalue weighted by atomic mass is 10.0. The Hall–Kier alpha value is -3.08. The molecule has 0 saturated carbocycles. The molecule has 2 aromatic carbocycles. The molecule has 0 N–H and O–H groups in total. The Morgan fingerprint density at radius 2 is 1.96 bits per heavy atom. The first kappa shape index (κ1) is 19.7. The van der Waals surface area contributed by atoms with Crippen molar-refractivity contribution in [3.8, 4) is 11.5 Å². The zero-order valence-corrected chi connectivity index (χ0v) is 16.4. The maximum absolute atomic E-state index is 12.6. The topological polar surface area (TPSA) is 65.7 Å². The van der Waals surface area contributed by atoms with Crippen molar-refractivity contribution in [3.63, 3.8) is 0 Å². The Morgan fingerprint density at radius 1 is 1.14 bits per heavy atom. The van der Waals surface area contributed by atoms with Gasteiger partial charge in [0, 0.05) is 11.6 Å². The van der Waals surface area contributed by atoms with Gasteiger partial charge in [-0.05, 0) is 55.2 Å². The molecule has 5 heteroatoms. The van der Waals surface area contributed by atoms with Crippen molar-refractivity contribution in [2.24, 2.45) is 0 Å². The van der Waals surface area contributed by atoms with E-state index in [0.717, 1.165) is 35.8 Å². The largest absolute Gasteiger partial charge is 0.497 e. The molecule has 0 fully saturated rings. The third-order valence-electron chi connectivity index (χ3n) is 4.58. The molecule has 0 aliphatic carbocycles. The molecule has 0 bridgehead atoms. The second-order valence-electron chi connectivity index (χ2n) is 6.77. The molecule has 0 aliphatic rings. The fourth-order valence-corrected chi connectivity index (χ4v) is 3.17. The summed E-state index contributed by atoms with van der Waals surface area (Å²) in [6.45, 7) is 3.88. The molecule has 3 rings (SSSR count). The smallest absolute Gasteiger partial charge is 0.336 e. The summed E-state index contributed by atoms with van der Waals surface area (Å²) in [6.07, 6.45) is 2.72. The first-order chi connectivity index (χ1) is 13.5. The van der Waals surface area contributed by atoms with Crippen molar-refractivity contribution in [1.82, 2.24) is 0 Å². The lowest BCUT2D eigenvalue weighted by Gasteiger charge is -2.13. The average Bonchev–Trinajstić information content (AvgIpc) is 2.69. The molecular weight excluding hydrogens is 356 g/mol. The Bertz CT molecular complexity index is 1050. The maximum atomic E-state index is 12.6. The van der Waals surface area contributed by atoms with Crippen LogP contribution in [0.15, 0.2) is 51.7 Å². The molecule has 5 nitrogen and oxygen atoms in total. The first-order valence-corrected chi connectivity index (χ1v) is 9.39. The van der Waals surface area contributed by atoms with Crippen LogP contribution in [0.2, 0.25) is 0 Å². The number of methoxy groups -OCH3 is 1. The molecule has 0 radical (unpaired) electrons. The predicted molar refractivity (Wildman–Crippen MR) is 109 cm³/mol. The molecule has 0 unspecified atom stereocenters. The zero-order valence-electron chi connectivity index (χ0n) is 16.4. The Morgan fingerprint density at radius 3 is 2.71 bits per heavy atom. The minimum Gasteiger partial charge on any atom is -0.497 e. The Labute approximate surface area is 163 Å². The number of aryl methyl sites for hydroxylation is 2. The molecule has 0 aliphatic heterocycles. The molecule has 0 amide bonds. The monoisotopic (exact) mass is 380 g/mol. The van der Waals surface area contributed by atoms with E-state index in [4.69, 9.17) is 13.9 Å². The van der Waals surface area contributed by atoms with Crippen molar-refractivity contribution < 1.29 is 18.7 Å². The van der Waals surface area contributed by atoms with E-state index in [0.29, 0.717) is 22.6 Å². The van der Waals surface area contributed by atoms with Gasteiger partial charge in [-0.2, -0.15) is 0 Å².